The molecule has 1 saturated heterocycles. The predicted molar refractivity (Wildman–Crippen MR) is 160 cm³/mol. The third kappa shape index (κ3) is 4.62. The van der Waals surface area contributed by atoms with Crippen molar-refractivity contribution in [3.63, 3.8) is 0 Å². The van der Waals surface area contributed by atoms with Gasteiger partial charge in [0, 0.05) is 10.6 Å². The van der Waals surface area contributed by atoms with E-state index in [-0.39, 0.29) is 11.3 Å². The number of benzene rings is 4. The van der Waals surface area contributed by atoms with E-state index in [1.807, 2.05) is 30.3 Å². The molecule has 1 unspecified atom stereocenters. The number of para-hydroxylation sites is 1. The summed E-state index contributed by atoms with van der Waals surface area (Å²) in [5.41, 5.74) is 1.42. The molecule has 5 aromatic rings. The third-order valence-electron chi connectivity index (χ3n) is 6.96. The Morgan fingerprint density at radius 1 is 0.905 bits per heavy atom. The van der Waals surface area contributed by atoms with Gasteiger partial charge in [0.25, 0.3) is 5.78 Å². The number of carbonyl (C=O) groups is 2. The number of hydrogen-bond acceptors (Lipinski definition) is 8. The molecule has 0 bridgehead atoms. The van der Waals surface area contributed by atoms with Crippen molar-refractivity contribution >= 4 is 55.7 Å². The van der Waals surface area contributed by atoms with Gasteiger partial charge in [-0.05, 0) is 66.2 Å². The van der Waals surface area contributed by atoms with Gasteiger partial charge in [0.05, 0.1) is 21.8 Å². The monoisotopic (exact) mass is 596 g/mol. The zero-order chi connectivity index (χ0) is 28.8. The molecular weight excluding hydrogens is 576 g/mol. The van der Waals surface area contributed by atoms with Crippen LogP contribution in [0.3, 0.4) is 0 Å². The van der Waals surface area contributed by atoms with E-state index in [2.05, 4.69) is 4.98 Å². The molecule has 42 heavy (non-hydrogen) atoms. The maximum atomic E-state index is 13.7. The molecule has 0 spiro atoms. The number of rotatable bonds is 5. The van der Waals surface area contributed by atoms with Crippen molar-refractivity contribution in [2.75, 3.05) is 18.1 Å². The molecule has 1 atom stereocenters. The Morgan fingerprint density at radius 3 is 2.52 bits per heavy atom. The van der Waals surface area contributed by atoms with Gasteiger partial charge in [-0.1, -0.05) is 53.3 Å². The van der Waals surface area contributed by atoms with Crippen molar-refractivity contribution in [3.05, 3.63) is 113 Å². The van der Waals surface area contributed by atoms with Gasteiger partial charge in [-0.2, -0.15) is 0 Å². The lowest BCUT2D eigenvalue weighted by Gasteiger charge is -2.23. The Balaban J connectivity index is 1.39. The lowest BCUT2D eigenvalue weighted by molar-refractivity contribution is -0.132. The average Bonchev–Trinajstić information content (AvgIpc) is 3.54. The molecule has 2 aliphatic rings. The molecule has 3 heterocycles. The average molecular weight is 597 g/mol. The molecule has 0 saturated carbocycles. The number of aliphatic hydroxyl groups is 1. The summed E-state index contributed by atoms with van der Waals surface area (Å²) < 4.78 is 18.1. The smallest absolute Gasteiger partial charge is 0.301 e. The van der Waals surface area contributed by atoms with E-state index in [0.29, 0.717) is 63.0 Å². The molecule has 4 aromatic carbocycles. The van der Waals surface area contributed by atoms with Crippen LogP contribution in [0.15, 0.2) is 96.6 Å². The summed E-state index contributed by atoms with van der Waals surface area (Å²) in [7, 11) is 0. The summed E-state index contributed by atoms with van der Waals surface area (Å²) in [5, 5.41) is 12.4. The molecule has 7 rings (SSSR count). The van der Waals surface area contributed by atoms with Crippen molar-refractivity contribution in [2.24, 2.45) is 0 Å². The number of aliphatic hydroxyl groups excluding tert-OH is 1. The summed E-state index contributed by atoms with van der Waals surface area (Å²) >= 11 is 7.43. The van der Waals surface area contributed by atoms with E-state index >= 15 is 0 Å². The van der Waals surface area contributed by atoms with Crippen molar-refractivity contribution < 1.29 is 28.9 Å². The van der Waals surface area contributed by atoms with Gasteiger partial charge in [-0.3, -0.25) is 14.5 Å². The molecule has 1 fully saturated rings. The van der Waals surface area contributed by atoms with Crippen LogP contribution < -0.4 is 19.1 Å². The van der Waals surface area contributed by atoms with Crippen LogP contribution >= 0.6 is 22.9 Å². The minimum absolute atomic E-state index is 0.0779. The lowest BCUT2D eigenvalue weighted by atomic mass is 9.95. The fraction of sp³-hybridized carbons (Fsp3) is 0.0938. The van der Waals surface area contributed by atoms with E-state index in [4.69, 9.17) is 25.8 Å². The number of ether oxygens (including phenoxy) is 3. The highest BCUT2D eigenvalue weighted by Crippen LogP contribution is 2.46. The summed E-state index contributed by atoms with van der Waals surface area (Å²) in [5.74, 6) is 0.128. The Bertz CT molecular complexity index is 1900. The molecule has 10 heteroatoms. The van der Waals surface area contributed by atoms with Gasteiger partial charge in [0.1, 0.15) is 30.5 Å². The number of nitrogens with zero attached hydrogens (tertiary/aromatic N) is 2. The minimum atomic E-state index is -0.992. The van der Waals surface area contributed by atoms with Crippen LogP contribution in [0.1, 0.15) is 17.2 Å². The predicted octanol–water partition coefficient (Wildman–Crippen LogP) is 7.14. The molecule has 1 N–H and O–H groups in total. The second kappa shape index (κ2) is 10.5. The molecule has 208 valence electrons. The normalized spacial score (nSPS) is 17.5. The number of anilines is 1. The highest BCUT2D eigenvalue weighted by molar-refractivity contribution is 7.22. The number of carbonyl (C=O) groups excluding carboxylic acids is 2. The quantitative estimate of drug-likeness (QED) is 0.131. The van der Waals surface area contributed by atoms with Crippen LogP contribution in [0.4, 0.5) is 5.13 Å². The standard InChI is InChI=1S/C32H21ClN2O6S/c33-20-10-11-23-26(17-20)42-32(34-23)35-28(18-5-4-8-22(15-18)41-21-6-2-1-3-7-21)27(30(37)31(35)38)29(36)19-9-12-24-25(16-19)40-14-13-39-24/h1-12,15-17,28,36H,13-14H2/b29-27-. The fourth-order valence-corrected chi connectivity index (χ4v) is 6.32. The number of thiazole rings is 1. The summed E-state index contributed by atoms with van der Waals surface area (Å²) in [6.07, 6.45) is 0. The summed E-state index contributed by atoms with van der Waals surface area (Å²) in [4.78, 5) is 33.3. The van der Waals surface area contributed by atoms with Gasteiger partial charge in [-0.15, -0.1) is 0 Å². The lowest BCUT2D eigenvalue weighted by Crippen LogP contribution is -2.29. The van der Waals surface area contributed by atoms with Gasteiger partial charge in [0.15, 0.2) is 16.6 Å². The molecule has 0 radical (unpaired) electrons. The molecule has 8 nitrogen and oxygen atoms in total. The fourth-order valence-electron chi connectivity index (χ4n) is 5.05. The zero-order valence-corrected chi connectivity index (χ0v) is 23.4. The number of hydrogen-bond donors (Lipinski definition) is 1. The van der Waals surface area contributed by atoms with E-state index in [0.717, 1.165) is 4.70 Å². The van der Waals surface area contributed by atoms with Crippen molar-refractivity contribution in [3.8, 4) is 23.0 Å². The van der Waals surface area contributed by atoms with Crippen molar-refractivity contribution in [2.45, 2.75) is 6.04 Å². The minimum Gasteiger partial charge on any atom is -0.507 e. The van der Waals surface area contributed by atoms with E-state index in [9.17, 15) is 14.7 Å². The third-order valence-corrected chi connectivity index (χ3v) is 8.21. The number of fused-ring (bicyclic) bond motifs is 2. The molecule has 0 aliphatic carbocycles. The second-order valence-electron chi connectivity index (χ2n) is 9.62. The number of amides is 1. The Kier molecular flexibility index (Phi) is 6.53. The largest absolute Gasteiger partial charge is 0.507 e. The first-order valence-electron chi connectivity index (χ1n) is 13.1. The van der Waals surface area contributed by atoms with E-state index in [1.54, 1.807) is 60.7 Å². The van der Waals surface area contributed by atoms with E-state index < -0.39 is 17.7 Å². The zero-order valence-electron chi connectivity index (χ0n) is 21.8. The van der Waals surface area contributed by atoms with Gasteiger partial charge < -0.3 is 19.3 Å². The van der Waals surface area contributed by atoms with Crippen LogP contribution in [0, 0.1) is 0 Å². The topological polar surface area (TPSA) is 98.2 Å². The molecule has 2 aliphatic heterocycles. The highest BCUT2D eigenvalue weighted by Gasteiger charge is 2.48. The summed E-state index contributed by atoms with van der Waals surface area (Å²) in [6.45, 7) is 0.773. The van der Waals surface area contributed by atoms with Gasteiger partial charge in [-0.25, -0.2) is 4.98 Å². The number of halogens is 1. The maximum Gasteiger partial charge on any atom is 0.301 e. The molecule has 1 aromatic heterocycles. The Labute approximate surface area is 249 Å². The van der Waals surface area contributed by atoms with Crippen molar-refractivity contribution in [1.82, 2.24) is 4.98 Å². The van der Waals surface area contributed by atoms with Gasteiger partial charge in [0.2, 0.25) is 0 Å². The maximum absolute atomic E-state index is 13.7. The number of ketones is 1. The Hall–Kier alpha value is -4.86. The van der Waals surface area contributed by atoms with Crippen LogP contribution in [-0.4, -0.2) is 35.0 Å². The molecule has 1 amide bonds. The van der Waals surface area contributed by atoms with Crippen LogP contribution in [0.5, 0.6) is 23.0 Å². The first kappa shape index (κ1) is 26.1. The van der Waals surface area contributed by atoms with Gasteiger partial charge >= 0.3 is 5.91 Å². The first-order chi connectivity index (χ1) is 20.5. The number of aromatic nitrogens is 1. The summed E-state index contributed by atoms with van der Waals surface area (Å²) in [6, 6.07) is 25.5. The van der Waals surface area contributed by atoms with Crippen molar-refractivity contribution in [1.29, 1.82) is 0 Å². The van der Waals surface area contributed by atoms with Crippen LogP contribution in [0.2, 0.25) is 5.02 Å². The SMILES string of the molecule is O=C1C(=O)N(c2nc3ccc(Cl)cc3s2)C(c2cccc(Oc3ccccc3)c2)/C1=C(/O)c1ccc2c(c1)OCCO2. The van der Waals surface area contributed by atoms with Crippen LogP contribution in [-0.2, 0) is 9.59 Å². The molecular formula is C32H21ClN2O6S. The second-order valence-corrected chi connectivity index (χ2v) is 11.1. The first-order valence-corrected chi connectivity index (χ1v) is 14.3. The highest BCUT2D eigenvalue weighted by atomic mass is 35.5. The number of Topliss-reactive ketones (excluding diaryl/α,β-unsaturated/α-hetero) is 1. The Morgan fingerprint density at radius 2 is 1.69 bits per heavy atom. The van der Waals surface area contributed by atoms with Crippen LogP contribution in [0.25, 0.3) is 16.0 Å². The van der Waals surface area contributed by atoms with E-state index in [1.165, 1.54) is 16.2 Å².